The summed E-state index contributed by atoms with van der Waals surface area (Å²) in [5, 5.41) is 0.873. The second-order valence-electron chi connectivity index (χ2n) is 5.48. The maximum absolute atomic E-state index is 6.26. The molecule has 1 atom stereocenters. The van der Waals surface area contributed by atoms with E-state index in [9.17, 15) is 0 Å². The van der Waals surface area contributed by atoms with Crippen LogP contribution in [0.4, 0.5) is 0 Å². The maximum Gasteiger partial charge on any atom is 0.0451 e. The summed E-state index contributed by atoms with van der Waals surface area (Å²) in [6.07, 6.45) is 1.30. The van der Waals surface area contributed by atoms with Gasteiger partial charge >= 0.3 is 0 Å². The molecule has 1 aromatic rings. The fraction of sp³-hybridized carbons (Fsp3) is 0.600. The van der Waals surface area contributed by atoms with E-state index >= 15 is 0 Å². The second kappa shape index (κ2) is 7.07. The van der Waals surface area contributed by atoms with E-state index in [0.717, 1.165) is 28.5 Å². The van der Waals surface area contributed by atoms with Crippen LogP contribution < -0.4 is 0 Å². The SMILES string of the molecule is CCN(C)C[C@H]1CCN(Cc2cc(Br)ccc2Cl)C1. The van der Waals surface area contributed by atoms with Crippen LogP contribution in [0.3, 0.4) is 0 Å². The van der Waals surface area contributed by atoms with E-state index < -0.39 is 0 Å². The summed E-state index contributed by atoms with van der Waals surface area (Å²) >= 11 is 9.78. The first kappa shape index (κ1) is 15.3. The summed E-state index contributed by atoms with van der Waals surface area (Å²) in [4.78, 5) is 4.92. The Balaban J connectivity index is 1.89. The quantitative estimate of drug-likeness (QED) is 0.799. The molecule has 19 heavy (non-hydrogen) atoms. The molecule has 0 aromatic heterocycles. The molecule has 0 aliphatic carbocycles. The van der Waals surface area contributed by atoms with Crippen molar-refractivity contribution in [1.29, 1.82) is 0 Å². The van der Waals surface area contributed by atoms with E-state index in [4.69, 9.17) is 11.6 Å². The van der Waals surface area contributed by atoms with Crippen molar-refractivity contribution < 1.29 is 0 Å². The van der Waals surface area contributed by atoms with Gasteiger partial charge in [0.2, 0.25) is 0 Å². The fourth-order valence-corrected chi connectivity index (χ4v) is 3.27. The molecule has 1 fully saturated rings. The molecule has 2 rings (SSSR count). The summed E-state index contributed by atoms with van der Waals surface area (Å²) in [7, 11) is 2.20. The summed E-state index contributed by atoms with van der Waals surface area (Å²) in [5.41, 5.74) is 1.22. The van der Waals surface area contributed by atoms with Gasteiger partial charge in [-0.15, -0.1) is 0 Å². The highest BCUT2D eigenvalue weighted by Crippen LogP contribution is 2.25. The molecule has 0 bridgehead atoms. The van der Waals surface area contributed by atoms with Gasteiger partial charge in [-0.05, 0) is 56.2 Å². The Morgan fingerprint density at radius 2 is 2.26 bits per heavy atom. The molecule has 4 heteroatoms. The topological polar surface area (TPSA) is 6.48 Å². The van der Waals surface area contributed by atoms with E-state index in [2.05, 4.69) is 45.8 Å². The van der Waals surface area contributed by atoms with Crippen molar-refractivity contribution in [3.63, 3.8) is 0 Å². The van der Waals surface area contributed by atoms with Gasteiger partial charge < -0.3 is 4.90 Å². The lowest BCUT2D eigenvalue weighted by Crippen LogP contribution is -2.28. The fourth-order valence-electron chi connectivity index (χ4n) is 2.68. The number of benzene rings is 1. The third kappa shape index (κ3) is 4.45. The molecular formula is C15H22BrClN2. The van der Waals surface area contributed by atoms with E-state index in [-0.39, 0.29) is 0 Å². The van der Waals surface area contributed by atoms with Crippen LogP contribution in [-0.4, -0.2) is 43.0 Å². The van der Waals surface area contributed by atoms with Gasteiger partial charge in [-0.1, -0.05) is 34.5 Å². The predicted molar refractivity (Wildman–Crippen MR) is 85.7 cm³/mol. The molecule has 0 amide bonds. The van der Waals surface area contributed by atoms with Crippen LogP contribution in [0, 0.1) is 5.92 Å². The van der Waals surface area contributed by atoms with E-state index in [1.54, 1.807) is 0 Å². The van der Waals surface area contributed by atoms with Gasteiger partial charge in [-0.3, -0.25) is 4.90 Å². The molecule has 0 radical (unpaired) electrons. The minimum absolute atomic E-state index is 0.802. The molecule has 0 saturated carbocycles. The zero-order chi connectivity index (χ0) is 13.8. The van der Waals surface area contributed by atoms with Crippen molar-refractivity contribution in [1.82, 2.24) is 9.80 Å². The van der Waals surface area contributed by atoms with Gasteiger partial charge in [-0.25, -0.2) is 0 Å². The molecular weight excluding hydrogens is 324 g/mol. The van der Waals surface area contributed by atoms with Gasteiger partial charge in [-0.2, -0.15) is 0 Å². The van der Waals surface area contributed by atoms with E-state index in [1.165, 1.54) is 31.6 Å². The van der Waals surface area contributed by atoms with Crippen LogP contribution in [0.15, 0.2) is 22.7 Å². The molecule has 0 spiro atoms. The monoisotopic (exact) mass is 344 g/mol. The van der Waals surface area contributed by atoms with Crippen molar-refractivity contribution >= 4 is 27.5 Å². The highest BCUT2D eigenvalue weighted by atomic mass is 79.9. The molecule has 1 aromatic carbocycles. The zero-order valence-electron chi connectivity index (χ0n) is 11.7. The van der Waals surface area contributed by atoms with Crippen molar-refractivity contribution in [2.75, 3.05) is 33.2 Å². The third-order valence-electron chi connectivity index (χ3n) is 3.88. The third-order valence-corrected chi connectivity index (χ3v) is 4.74. The summed E-state index contributed by atoms with van der Waals surface area (Å²) in [5.74, 6) is 0.802. The summed E-state index contributed by atoms with van der Waals surface area (Å²) < 4.78 is 1.10. The highest BCUT2D eigenvalue weighted by molar-refractivity contribution is 9.10. The van der Waals surface area contributed by atoms with E-state index in [1.807, 2.05) is 12.1 Å². The molecule has 1 aliphatic rings. The van der Waals surface area contributed by atoms with Crippen molar-refractivity contribution in [2.24, 2.45) is 5.92 Å². The van der Waals surface area contributed by atoms with Crippen molar-refractivity contribution in [3.8, 4) is 0 Å². The Hall–Kier alpha value is -0.0900. The number of nitrogens with zero attached hydrogens (tertiary/aromatic N) is 2. The normalized spacial score (nSPS) is 20.4. The van der Waals surface area contributed by atoms with Crippen molar-refractivity contribution in [2.45, 2.75) is 19.9 Å². The van der Waals surface area contributed by atoms with Crippen molar-refractivity contribution in [3.05, 3.63) is 33.3 Å². The average Bonchev–Trinajstić information content (AvgIpc) is 2.81. The van der Waals surface area contributed by atoms with Crippen LogP contribution in [0.25, 0.3) is 0 Å². The molecule has 106 valence electrons. The van der Waals surface area contributed by atoms with Gasteiger partial charge in [0.1, 0.15) is 0 Å². The van der Waals surface area contributed by atoms with Gasteiger partial charge in [0.15, 0.2) is 0 Å². The zero-order valence-corrected chi connectivity index (χ0v) is 14.0. The van der Waals surface area contributed by atoms with Gasteiger partial charge in [0.25, 0.3) is 0 Å². The smallest absolute Gasteiger partial charge is 0.0451 e. The average molecular weight is 346 g/mol. The Labute approximate surface area is 129 Å². The Morgan fingerprint density at radius 1 is 1.47 bits per heavy atom. The van der Waals surface area contributed by atoms with Crippen LogP contribution in [0.1, 0.15) is 18.9 Å². The minimum atomic E-state index is 0.802. The maximum atomic E-state index is 6.26. The van der Waals surface area contributed by atoms with Gasteiger partial charge in [0, 0.05) is 29.1 Å². The first-order valence-electron chi connectivity index (χ1n) is 6.93. The Morgan fingerprint density at radius 3 is 3.00 bits per heavy atom. The number of hydrogen-bond donors (Lipinski definition) is 0. The number of rotatable bonds is 5. The molecule has 2 nitrogen and oxygen atoms in total. The highest BCUT2D eigenvalue weighted by Gasteiger charge is 2.23. The number of hydrogen-bond acceptors (Lipinski definition) is 2. The molecule has 1 aliphatic heterocycles. The van der Waals surface area contributed by atoms with Crippen LogP contribution in [0.5, 0.6) is 0 Å². The molecule has 0 N–H and O–H groups in total. The first-order chi connectivity index (χ1) is 9.08. The lowest BCUT2D eigenvalue weighted by molar-refractivity contribution is 0.268. The summed E-state index contributed by atoms with van der Waals surface area (Å²) in [6, 6.07) is 6.10. The largest absolute Gasteiger partial charge is 0.306 e. The van der Waals surface area contributed by atoms with Crippen LogP contribution in [0.2, 0.25) is 5.02 Å². The minimum Gasteiger partial charge on any atom is -0.306 e. The second-order valence-corrected chi connectivity index (χ2v) is 6.80. The Bertz CT molecular complexity index is 425. The van der Waals surface area contributed by atoms with E-state index in [0.29, 0.717) is 0 Å². The standard InChI is InChI=1S/C15H22BrClN2/c1-3-18(2)9-12-6-7-19(10-12)11-13-8-14(16)4-5-15(13)17/h4-5,8,12H,3,6-7,9-11H2,1-2H3/t12-/m1/s1. The molecule has 1 heterocycles. The van der Waals surface area contributed by atoms with Gasteiger partial charge in [0.05, 0.1) is 0 Å². The lowest BCUT2D eigenvalue weighted by Gasteiger charge is -2.20. The van der Waals surface area contributed by atoms with Crippen LogP contribution in [-0.2, 0) is 6.54 Å². The molecule has 0 unspecified atom stereocenters. The predicted octanol–water partition coefficient (Wildman–Crippen LogP) is 3.88. The number of halogens is 2. The first-order valence-corrected chi connectivity index (χ1v) is 8.10. The molecule has 1 saturated heterocycles. The summed E-state index contributed by atoms with van der Waals surface area (Å²) in [6.45, 7) is 7.89. The lowest BCUT2D eigenvalue weighted by atomic mass is 10.1. The van der Waals surface area contributed by atoms with Crippen LogP contribution >= 0.6 is 27.5 Å². The number of likely N-dealkylation sites (tertiary alicyclic amines) is 1. The Kier molecular flexibility index (Phi) is 5.70.